The Morgan fingerprint density at radius 1 is 1.25 bits per heavy atom. The molecule has 1 heterocycles. The topological polar surface area (TPSA) is 75.7 Å². The Bertz CT molecular complexity index is 1090. The van der Waals surface area contributed by atoms with Gasteiger partial charge in [-0.25, -0.2) is 17.2 Å². The number of amides is 1. The molecule has 1 N–H and O–H groups in total. The summed E-state index contributed by atoms with van der Waals surface area (Å²) in [5.74, 6) is -1.86. The van der Waals surface area contributed by atoms with Crippen molar-refractivity contribution in [2.75, 3.05) is 19.5 Å². The van der Waals surface area contributed by atoms with Crippen molar-refractivity contribution in [3.8, 4) is 5.75 Å². The minimum Gasteiger partial charge on any atom is -0.495 e. The molecule has 28 heavy (non-hydrogen) atoms. The quantitative estimate of drug-likeness (QED) is 0.844. The summed E-state index contributed by atoms with van der Waals surface area (Å²) in [7, 11) is -1.47. The Morgan fingerprint density at radius 3 is 2.61 bits per heavy atom. The van der Waals surface area contributed by atoms with Crippen LogP contribution in [0, 0.1) is 11.6 Å². The summed E-state index contributed by atoms with van der Waals surface area (Å²) in [4.78, 5) is 12.3. The molecule has 2 unspecified atom stereocenters. The third-order valence-corrected chi connectivity index (χ3v) is 7.64. The number of methoxy groups -OCH3 is 1. The molecule has 1 spiro atoms. The molecule has 2 aromatic rings. The Kier molecular flexibility index (Phi) is 4.20. The highest BCUT2D eigenvalue weighted by molar-refractivity contribution is 7.89. The number of para-hydroxylation sites is 1. The van der Waals surface area contributed by atoms with E-state index in [1.165, 1.54) is 14.2 Å². The number of hydrogen-bond donors (Lipinski definition) is 1. The van der Waals surface area contributed by atoms with Crippen LogP contribution in [0.2, 0.25) is 0 Å². The number of halogens is 2. The van der Waals surface area contributed by atoms with Crippen LogP contribution < -0.4 is 10.1 Å². The minimum absolute atomic E-state index is 0.315. The monoisotopic (exact) mass is 408 g/mol. The number of carbonyl (C=O) groups is 1. The van der Waals surface area contributed by atoms with Gasteiger partial charge in [0.1, 0.15) is 22.3 Å². The van der Waals surface area contributed by atoms with Gasteiger partial charge in [0.15, 0.2) is 0 Å². The molecule has 0 radical (unpaired) electrons. The van der Waals surface area contributed by atoms with Crippen LogP contribution in [0.1, 0.15) is 18.4 Å². The first kappa shape index (κ1) is 18.8. The molecule has 4 rings (SSSR count). The smallest absolute Gasteiger partial charge is 0.246 e. The van der Waals surface area contributed by atoms with Gasteiger partial charge >= 0.3 is 0 Å². The fourth-order valence-corrected chi connectivity index (χ4v) is 5.67. The highest BCUT2D eigenvalue weighted by Crippen LogP contribution is 2.55. The second kappa shape index (κ2) is 6.25. The molecular weight excluding hydrogens is 390 g/mol. The number of carbonyl (C=O) groups excluding carboxylic acids is 1. The molecule has 2 aromatic carbocycles. The summed E-state index contributed by atoms with van der Waals surface area (Å²) < 4.78 is 59.6. The van der Waals surface area contributed by atoms with E-state index >= 15 is 0 Å². The van der Waals surface area contributed by atoms with Crippen molar-refractivity contribution in [2.45, 2.75) is 29.2 Å². The van der Waals surface area contributed by atoms with Gasteiger partial charge in [-0.1, -0.05) is 12.1 Å². The molecule has 148 valence electrons. The van der Waals surface area contributed by atoms with Crippen molar-refractivity contribution in [1.82, 2.24) is 4.31 Å². The van der Waals surface area contributed by atoms with E-state index in [0.717, 1.165) is 16.4 Å². The number of fused-ring (bicyclic) bond motifs is 2. The van der Waals surface area contributed by atoms with E-state index in [2.05, 4.69) is 5.32 Å². The van der Waals surface area contributed by atoms with Gasteiger partial charge in [0.25, 0.3) is 0 Å². The maximum Gasteiger partial charge on any atom is 0.246 e. The van der Waals surface area contributed by atoms with Gasteiger partial charge in [0, 0.05) is 19.2 Å². The van der Waals surface area contributed by atoms with Crippen molar-refractivity contribution in [3.63, 3.8) is 0 Å². The zero-order valence-corrected chi connectivity index (χ0v) is 16.0. The van der Waals surface area contributed by atoms with Gasteiger partial charge in [0.2, 0.25) is 15.9 Å². The number of nitrogens with one attached hydrogen (secondary N) is 1. The largest absolute Gasteiger partial charge is 0.495 e. The molecule has 1 fully saturated rings. The van der Waals surface area contributed by atoms with Crippen LogP contribution >= 0.6 is 0 Å². The summed E-state index contributed by atoms with van der Waals surface area (Å²) in [5, 5.41) is 2.80. The van der Waals surface area contributed by atoms with E-state index in [4.69, 9.17) is 4.74 Å². The van der Waals surface area contributed by atoms with Gasteiger partial charge in [-0.3, -0.25) is 4.79 Å². The lowest BCUT2D eigenvalue weighted by Gasteiger charge is -2.48. The average molecular weight is 408 g/mol. The summed E-state index contributed by atoms with van der Waals surface area (Å²) in [5.41, 5.74) is 0.121. The SMILES string of the molecule is COc1cccc2c1NC(=O)C21CCC1N(C)S(=O)(=O)c1ccc(F)cc1F. The van der Waals surface area contributed by atoms with Crippen molar-refractivity contribution < 1.29 is 26.7 Å². The van der Waals surface area contributed by atoms with E-state index in [9.17, 15) is 22.0 Å². The number of benzene rings is 2. The van der Waals surface area contributed by atoms with E-state index in [-0.39, 0.29) is 5.91 Å². The summed E-state index contributed by atoms with van der Waals surface area (Å²) in [6.45, 7) is 0. The van der Waals surface area contributed by atoms with Gasteiger partial charge in [0.05, 0.1) is 18.2 Å². The summed E-state index contributed by atoms with van der Waals surface area (Å²) in [6.07, 6.45) is 0.887. The Morgan fingerprint density at radius 2 is 2.00 bits per heavy atom. The van der Waals surface area contributed by atoms with Crippen LogP contribution in [0.3, 0.4) is 0 Å². The first-order valence-corrected chi connectivity index (χ1v) is 10.1. The third-order valence-electron chi connectivity index (χ3n) is 5.74. The molecular formula is C19H18F2N2O4S. The lowest BCUT2D eigenvalue weighted by atomic mass is 9.61. The molecule has 0 bridgehead atoms. The van der Waals surface area contributed by atoms with Gasteiger partial charge in [-0.05, 0) is 36.6 Å². The van der Waals surface area contributed by atoms with E-state index in [0.29, 0.717) is 35.9 Å². The van der Waals surface area contributed by atoms with Crippen LogP contribution in [0.4, 0.5) is 14.5 Å². The number of sulfonamides is 1. The number of hydrogen-bond acceptors (Lipinski definition) is 4. The molecule has 1 saturated carbocycles. The normalized spacial score (nSPS) is 23.5. The van der Waals surface area contributed by atoms with Crippen LogP contribution in [-0.2, 0) is 20.2 Å². The molecule has 9 heteroatoms. The molecule has 1 aliphatic carbocycles. The van der Waals surface area contributed by atoms with Crippen LogP contribution in [-0.4, -0.2) is 38.8 Å². The number of anilines is 1. The predicted molar refractivity (Wildman–Crippen MR) is 97.6 cm³/mol. The zero-order valence-electron chi connectivity index (χ0n) is 15.2. The zero-order chi connectivity index (χ0) is 20.3. The third kappa shape index (κ3) is 2.39. The minimum atomic E-state index is -4.27. The highest BCUT2D eigenvalue weighted by atomic mass is 32.2. The lowest BCUT2D eigenvalue weighted by molar-refractivity contribution is -0.126. The molecule has 6 nitrogen and oxygen atoms in total. The number of ether oxygens (including phenoxy) is 1. The van der Waals surface area contributed by atoms with E-state index < -0.39 is 38.0 Å². The van der Waals surface area contributed by atoms with Crippen molar-refractivity contribution in [2.24, 2.45) is 0 Å². The van der Waals surface area contributed by atoms with Crippen LogP contribution in [0.15, 0.2) is 41.3 Å². The van der Waals surface area contributed by atoms with Crippen LogP contribution in [0.25, 0.3) is 0 Å². The average Bonchev–Trinajstić information content (AvgIpc) is 2.93. The Labute approximate surface area is 161 Å². The fraction of sp³-hybridized carbons (Fsp3) is 0.316. The predicted octanol–water partition coefficient (Wildman–Crippen LogP) is 2.65. The van der Waals surface area contributed by atoms with Crippen LogP contribution in [0.5, 0.6) is 5.75 Å². The molecule has 2 atom stereocenters. The number of nitrogens with zero attached hydrogens (tertiary/aromatic N) is 1. The first-order valence-electron chi connectivity index (χ1n) is 8.65. The van der Waals surface area contributed by atoms with Gasteiger partial charge in [-0.2, -0.15) is 4.31 Å². The van der Waals surface area contributed by atoms with Gasteiger partial charge < -0.3 is 10.1 Å². The summed E-state index contributed by atoms with van der Waals surface area (Å²) >= 11 is 0. The Hall–Kier alpha value is -2.52. The first-order chi connectivity index (χ1) is 13.2. The molecule has 1 amide bonds. The maximum atomic E-state index is 14.1. The fourth-order valence-electron chi connectivity index (χ4n) is 4.19. The van der Waals surface area contributed by atoms with E-state index in [1.807, 2.05) is 0 Å². The standard InChI is InChI=1S/C19H18F2N2O4S/c1-23(28(25,26)15-7-6-11(20)10-13(15)21)16-8-9-19(16)12-4-3-5-14(27-2)17(12)22-18(19)24/h3-7,10,16H,8-9H2,1-2H3,(H,22,24). The summed E-state index contributed by atoms with van der Waals surface area (Å²) in [6, 6.07) is 6.83. The van der Waals surface area contributed by atoms with Crippen molar-refractivity contribution in [3.05, 3.63) is 53.6 Å². The molecule has 1 aliphatic heterocycles. The molecule has 2 aliphatic rings. The van der Waals surface area contributed by atoms with Crippen molar-refractivity contribution >= 4 is 21.6 Å². The second-order valence-corrected chi connectivity index (χ2v) is 8.92. The number of rotatable bonds is 4. The van der Waals surface area contributed by atoms with Crippen molar-refractivity contribution in [1.29, 1.82) is 0 Å². The Balaban J connectivity index is 1.77. The lowest BCUT2D eigenvalue weighted by Crippen LogP contribution is -2.61. The molecule has 0 saturated heterocycles. The van der Waals surface area contributed by atoms with E-state index in [1.54, 1.807) is 18.2 Å². The van der Waals surface area contributed by atoms with Gasteiger partial charge in [-0.15, -0.1) is 0 Å². The molecule has 0 aromatic heterocycles. The highest BCUT2D eigenvalue weighted by Gasteiger charge is 2.61. The maximum absolute atomic E-state index is 14.1. The number of likely N-dealkylation sites (N-methyl/N-ethyl adjacent to an activating group) is 1. The second-order valence-electron chi connectivity index (χ2n) is 6.96.